The van der Waals surface area contributed by atoms with Crippen LogP contribution in [0.25, 0.3) is 0 Å². The summed E-state index contributed by atoms with van der Waals surface area (Å²) in [7, 11) is 0. The van der Waals surface area contributed by atoms with Gasteiger partial charge in [-0.05, 0) is 30.7 Å². The third-order valence-corrected chi connectivity index (χ3v) is 3.46. The molecule has 0 bridgehead atoms. The smallest absolute Gasteiger partial charge is 0.141 e. The first-order chi connectivity index (χ1) is 6.84. The van der Waals surface area contributed by atoms with Gasteiger partial charge in [0.1, 0.15) is 11.6 Å². The van der Waals surface area contributed by atoms with E-state index in [1.54, 1.807) is 6.07 Å². The van der Waals surface area contributed by atoms with Gasteiger partial charge in [0.2, 0.25) is 0 Å². The summed E-state index contributed by atoms with van der Waals surface area (Å²) in [4.78, 5) is 3.98. The van der Waals surface area contributed by atoms with E-state index in [9.17, 15) is 4.39 Å². The van der Waals surface area contributed by atoms with Gasteiger partial charge in [-0.25, -0.2) is 9.37 Å². The molecule has 0 radical (unpaired) electrons. The molecular weight excluding hydrogens is 199 g/mol. The Kier molecular flexibility index (Phi) is 3.24. The van der Waals surface area contributed by atoms with E-state index in [2.05, 4.69) is 10.3 Å². The molecule has 1 aliphatic rings. The number of pyridine rings is 1. The van der Waals surface area contributed by atoms with E-state index >= 15 is 0 Å². The summed E-state index contributed by atoms with van der Waals surface area (Å²) < 4.78 is 12.6. The Bertz CT molecular complexity index is 283. The molecule has 1 aromatic heterocycles. The number of thioether (sulfide) groups is 1. The monoisotopic (exact) mass is 212 g/mol. The Morgan fingerprint density at radius 2 is 2.43 bits per heavy atom. The molecule has 1 saturated heterocycles. The highest BCUT2D eigenvalue weighted by Crippen LogP contribution is 2.19. The van der Waals surface area contributed by atoms with Gasteiger partial charge in [-0.3, -0.25) is 0 Å². The number of rotatable bonds is 2. The van der Waals surface area contributed by atoms with Crippen LogP contribution in [0.5, 0.6) is 0 Å². The lowest BCUT2D eigenvalue weighted by Gasteiger charge is -2.22. The van der Waals surface area contributed by atoms with Gasteiger partial charge in [-0.2, -0.15) is 11.8 Å². The van der Waals surface area contributed by atoms with Crippen LogP contribution >= 0.6 is 11.8 Å². The van der Waals surface area contributed by atoms with Gasteiger partial charge in [0.15, 0.2) is 0 Å². The van der Waals surface area contributed by atoms with Crippen LogP contribution in [0.3, 0.4) is 0 Å². The zero-order valence-corrected chi connectivity index (χ0v) is 8.69. The summed E-state index contributed by atoms with van der Waals surface area (Å²) in [5.74, 6) is 2.88. The molecule has 0 aromatic carbocycles. The predicted molar refractivity (Wildman–Crippen MR) is 58.2 cm³/mol. The van der Waals surface area contributed by atoms with E-state index in [1.807, 2.05) is 11.8 Å². The molecule has 0 aliphatic carbocycles. The lowest BCUT2D eigenvalue weighted by molar-refractivity contribution is 0.620. The summed E-state index contributed by atoms with van der Waals surface area (Å²) in [6.07, 6.45) is 3.69. The fourth-order valence-corrected chi connectivity index (χ4v) is 2.60. The Labute approximate surface area is 87.3 Å². The Morgan fingerprint density at radius 1 is 1.50 bits per heavy atom. The van der Waals surface area contributed by atoms with Crippen molar-refractivity contribution in [1.82, 2.24) is 4.98 Å². The minimum atomic E-state index is -0.284. The summed E-state index contributed by atoms with van der Waals surface area (Å²) in [6, 6.07) is 3.62. The third kappa shape index (κ3) is 2.61. The van der Waals surface area contributed by atoms with E-state index < -0.39 is 0 Å². The molecule has 1 aromatic rings. The van der Waals surface area contributed by atoms with Gasteiger partial charge < -0.3 is 5.32 Å². The molecule has 0 saturated carbocycles. The van der Waals surface area contributed by atoms with Crippen LogP contribution in [0, 0.1) is 5.82 Å². The quantitative estimate of drug-likeness (QED) is 0.815. The molecule has 0 spiro atoms. The van der Waals surface area contributed by atoms with Crippen molar-refractivity contribution in [2.75, 3.05) is 16.8 Å². The largest absolute Gasteiger partial charge is 0.367 e. The Balaban J connectivity index is 1.92. The number of aromatic nitrogens is 1. The van der Waals surface area contributed by atoms with E-state index in [-0.39, 0.29) is 5.82 Å². The zero-order valence-electron chi connectivity index (χ0n) is 7.87. The molecular formula is C10H13FN2S. The van der Waals surface area contributed by atoms with Gasteiger partial charge in [-0.15, -0.1) is 0 Å². The normalized spacial score (nSPS) is 21.9. The van der Waals surface area contributed by atoms with Crippen molar-refractivity contribution in [2.45, 2.75) is 18.9 Å². The van der Waals surface area contributed by atoms with Gasteiger partial charge in [0.25, 0.3) is 0 Å². The Hall–Kier alpha value is -0.770. The lowest BCUT2D eigenvalue weighted by atomic mass is 10.2. The molecule has 14 heavy (non-hydrogen) atoms. The molecule has 2 rings (SSSR count). The second-order valence-electron chi connectivity index (χ2n) is 3.42. The molecule has 1 unspecified atom stereocenters. The number of anilines is 1. The fourth-order valence-electron chi connectivity index (χ4n) is 1.52. The molecule has 76 valence electrons. The standard InChI is InChI=1S/C10H13FN2S/c11-8-3-4-10(12-6-8)13-9-2-1-5-14-7-9/h3-4,6,9H,1-2,5,7H2,(H,12,13). The number of nitrogens with zero attached hydrogens (tertiary/aromatic N) is 1. The van der Waals surface area contributed by atoms with Crippen molar-refractivity contribution < 1.29 is 4.39 Å². The van der Waals surface area contributed by atoms with Crippen molar-refractivity contribution in [3.63, 3.8) is 0 Å². The van der Waals surface area contributed by atoms with Crippen molar-refractivity contribution in [3.05, 3.63) is 24.1 Å². The van der Waals surface area contributed by atoms with Gasteiger partial charge in [0, 0.05) is 11.8 Å². The van der Waals surface area contributed by atoms with Crippen LogP contribution in [0.4, 0.5) is 10.2 Å². The summed E-state index contributed by atoms with van der Waals surface area (Å²) >= 11 is 1.96. The predicted octanol–water partition coefficient (Wildman–Crippen LogP) is 2.53. The van der Waals surface area contributed by atoms with Crippen LogP contribution in [-0.4, -0.2) is 22.5 Å². The topological polar surface area (TPSA) is 24.9 Å². The summed E-state index contributed by atoms with van der Waals surface area (Å²) in [6.45, 7) is 0. The van der Waals surface area contributed by atoms with Gasteiger partial charge in [-0.1, -0.05) is 0 Å². The average Bonchev–Trinajstić information content (AvgIpc) is 2.23. The second kappa shape index (κ2) is 4.64. The third-order valence-electron chi connectivity index (χ3n) is 2.24. The summed E-state index contributed by atoms with van der Waals surface area (Å²) in [5.41, 5.74) is 0. The first-order valence-corrected chi connectivity index (χ1v) is 5.96. The highest BCUT2D eigenvalue weighted by Gasteiger charge is 2.13. The fraction of sp³-hybridized carbons (Fsp3) is 0.500. The van der Waals surface area contributed by atoms with Crippen LogP contribution in [-0.2, 0) is 0 Å². The molecule has 1 atom stereocenters. The minimum absolute atomic E-state index is 0.284. The summed E-state index contributed by atoms with van der Waals surface area (Å²) in [5, 5.41) is 3.31. The van der Waals surface area contributed by atoms with Crippen molar-refractivity contribution in [1.29, 1.82) is 0 Å². The first-order valence-electron chi connectivity index (χ1n) is 4.80. The molecule has 2 heterocycles. The van der Waals surface area contributed by atoms with Gasteiger partial charge in [0.05, 0.1) is 6.20 Å². The maximum Gasteiger partial charge on any atom is 0.141 e. The molecule has 2 nitrogen and oxygen atoms in total. The van der Waals surface area contributed by atoms with Crippen LogP contribution in [0.15, 0.2) is 18.3 Å². The lowest BCUT2D eigenvalue weighted by Crippen LogP contribution is -2.26. The highest BCUT2D eigenvalue weighted by molar-refractivity contribution is 7.99. The molecule has 0 amide bonds. The molecule has 1 aliphatic heterocycles. The van der Waals surface area contributed by atoms with Crippen molar-refractivity contribution in [2.24, 2.45) is 0 Å². The zero-order chi connectivity index (χ0) is 9.80. The van der Waals surface area contributed by atoms with Crippen LogP contribution in [0.1, 0.15) is 12.8 Å². The molecule has 4 heteroatoms. The average molecular weight is 212 g/mol. The Morgan fingerprint density at radius 3 is 3.07 bits per heavy atom. The minimum Gasteiger partial charge on any atom is -0.367 e. The number of hydrogen-bond donors (Lipinski definition) is 1. The number of nitrogens with one attached hydrogen (secondary N) is 1. The first kappa shape index (κ1) is 9.77. The van der Waals surface area contributed by atoms with E-state index in [4.69, 9.17) is 0 Å². The van der Waals surface area contributed by atoms with E-state index in [0.717, 1.165) is 11.6 Å². The molecule has 1 N–H and O–H groups in total. The van der Waals surface area contributed by atoms with E-state index in [1.165, 1.54) is 30.9 Å². The van der Waals surface area contributed by atoms with Crippen molar-refractivity contribution in [3.8, 4) is 0 Å². The van der Waals surface area contributed by atoms with Crippen LogP contribution < -0.4 is 5.32 Å². The SMILES string of the molecule is Fc1ccc(NC2CCCSC2)nc1. The second-order valence-corrected chi connectivity index (χ2v) is 4.57. The van der Waals surface area contributed by atoms with Crippen LogP contribution in [0.2, 0.25) is 0 Å². The maximum absolute atomic E-state index is 12.6. The van der Waals surface area contributed by atoms with E-state index in [0.29, 0.717) is 6.04 Å². The maximum atomic E-state index is 12.6. The number of halogens is 1. The van der Waals surface area contributed by atoms with Gasteiger partial charge >= 0.3 is 0 Å². The highest BCUT2D eigenvalue weighted by atomic mass is 32.2. The molecule has 1 fully saturated rings. The number of hydrogen-bond acceptors (Lipinski definition) is 3. The van der Waals surface area contributed by atoms with Crippen molar-refractivity contribution >= 4 is 17.6 Å².